The summed E-state index contributed by atoms with van der Waals surface area (Å²) in [5.41, 5.74) is 0. The zero-order chi connectivity index (χ0) is 16.6. The van der Waals surface area contributed by atoms with E-state index in [0.29, 0.717) is 19.4 Å². The topological polar surface area (TPSA) is 221 Å². The molecule has 19 heavy (non-hydrogen) atoms. The maximum absolute atomic E-state index is 8.74. The van der Waals surface area contributed by atoms with Crippen molar-refractivity contribution in [2.45, 2.75) is 0 Å². The number of carbonyl (C=O) groups excluding carboxylic acids is 2. The van der Waals surface area contributed by atoms with Gasteiger partial charge in [-0.05, 0) is 0 Å². The molecule has 0 spiro atoms. The van der Waals surface area contributed by atoms with E-state index >= 15 is 0 Å². The van der Waals surface area contributed by atoms with Gasteiger partial charge in [0.05, 0.1) is 0 Å². The van der Waals surface area contributed by atoms with Crippen molar-refractivity contribution < 1.29 is 79.2 Å². The third-order valence-corrected chi connectivity index (χ3v) is 0. The predicted molar refractivity (Wildman–Crippen MR) is 53.4 cm³/mol. The van der Waals surface area contributed by atoms with Crippen LogP contribution in [0.1, 0.15) is 0 Å². The van der Waals surface area contributed by atoms with E-state index in [9.17, 15) is 0 Å². The predicted octanol–water partition coefficient (Wildman–Crippen LogP) is -2.19. The molecule has 0 aliphatic heterocycles. The summed E-state index contributed by atoms with van der Waals surface area (Å²) in [5.74, 6) is 0. The Morgan fingerprint density at radius 3 is 0.684 bits per heavy atom. The van der Waals surface area contributed by atoms with Gasteiger partial charge in [-0.1, -0.05) is 19.4 Å². The van der Waals surface area contributed by atoms with Crippen LogP contribution in [0.5, 0.6) is 0 Å². The number of hydrogen-bond donors (Lipinski definition) is 5. The third-order valence-electron chi connectivity index (χ3n) is 0. The van der Waals surface area contributed by atoms with Crippen molar-refractivity contribution in [3.05, 3.63) is 0 Å². The molecular weight excluding hydrogens is 481 g/mol. The Hall–Kier alpha value is -1.64. The van der Waals surface area contributed by atoms with Crippen LogP contribution in [-0.4, -0.2) is 65.8 Å². The van der Waals surface area contributed by atoms with Crippen LogP contribution in [-0.2, 0) is 56.8 Å². The third kappa shape index (κ3) is 1250. The van der Waals surface area contributed by atoms with Crippen LogP contribution in [0.4, 0.5) is 0 Å². The van der Waals surface area contributed by atoms with Crippen molar-refractivity contribution in [1.29, 1.82) is 0 Å². The van der Waals surface area contributed by atoms with Gasteiger partial charge in [0.25, 0.3) is 0 Å². The molecule has 0 saturated carbocycles. The Kier molecular flexibility index (Phi) is 162. The molecule has 0 amide bonds. The first-order chi connectivity index (χ1) is 8.24. The summed E-state index contributed by atoms with van der Waals surface area (Å²) in [7, 11) is -4.67. The van der Waals surface area contributed by atoms with Crippen LogP contribution < -0.4 is 0 Å². The van der Waals surface area contributed by atoms with Gasteiger partial charge in [-0.25, -0.2) is 0 Å². The fourth-order valence-electron chi connectivity index (χ4n) is 0. The molecule has 0 fully saturated rings. The van der Waals surface area contributed by atoms with E-state index in [-0.39, 0.29) is 22.4 Å². The summed E-state index contributed by atoms with van der Waals surface area (Å²) in [4.78, 5) is 40.7. The molecule has 0 aliphatic rings. The molecule has 0 heterocycles. The van der Waals surface area contributed by atoms with Crippen molar-refractivity contribution >= 4 is 43.4 Å². The van der Waals surface area contributed by atoms with E-state index in [1.165, 1.54) is 0 Å². The first-order valence-corrected chi connectivity index (χ1v) is 3.96. The van der Waals surface area contributed by atoms with Gasteiger partial charge in [-0.3, -0.25) is 9.11 Å². The minimum Gasteiger partial charge on any atom is -0.665 e. The zero-order valence-corrected chi connectivity index (χ0v) is 11.7. The average Bonchev–Trinajstić information content (AvgIpc) is 2.24. The van der Waals surface area contributed by atoms with Crippen LogP contribution in [0, 0.1) is 0 Å². The molecule has 0 aromatic heterocycles. The summed E-state index contributed by atoms with van der Waals surface area (Å²) >= 11 is 0. The molecule has 0 aliphatic carbocycles. The summed E-state index contributed by atoms with van der Waals surface area (Å²) in [6.45, 7) is 5.50. The molecule has 0 aromatic carbocycles. The number of aliphatic hydroxyl groups excluding tert-OH is 3. The second kappa shape index (κ2) is 71.3. The minimum atomic E-state index is -4.67. The number of rotatable bonds is 0. The fourth-order valence-corrected chi connectivity index (χ4v) is 0. The van der Waals surface area contributed by atoms with E-state index in [2.05, 4.69) is 0 Å². The average molecular weight is 490 g/mol. The number of carbonyl (C=O) groups is 2. The van der Waals surface area contributed by atoms with Crippen molar-refractivity contribution in [2.24, 2.45) is 0 Å². The van der Waals surface area contributed by atoms with Gasteiger partial charge < -0.3 is 39.3 Å². The molecule has 5 N–H and O–H groups in total. The maximum atomic E-state index is 8.74. The molecule has 0 atom stereocenters. The standard InChI is InChI=1S/3CHO2.2CH2O.Au.H2O4S/c3*2-1-3;2*1-2;;1-5(2,3)4/h3*(H,2,3);2*1H2;;(H2,1,2,3,4)/q3*-1;;;+3;. The van der Waals surface area contributed by atoms with Gasteiger partial charge in [0.1, 0.15) is 13.6 Å². The van der Waals surface area contributed by atoms with Gasteiger partial charge >= 0.3 is 32.8 Å². The molecule has 12 nitrogen and oxygen atoms in total. The Morgan fingerprint density at radius 1 is 0.684 bits per heavy atom. The van der Waals surface area contributed by atoms with E-state index in [1.54, 1.807) is 0 Å². The van der Waals surface area contributed by atoms with E-state index in [0.717, 1.165) is 0 Å². The van der Waals surface area contributed by atoms with Crippen LogP contribution in [0.3, 0.4) is 0 Å². The van der Waals surface area contributed by atoms with Crippen LogP contribution >= 0.6 is 0 Å². The molecule has 0 bridgehead atoms. The van der Waals surface area contributed by atoms with Crippen LogP contribution in [0.2, 0.25) is 0 Å². The van der Waals surface area contributed by atoms with Gasteiger partial charge in [0.2, 0.25) is 0 Å². The summed E-state index contributed by atoms with van der Waals surface area (Å²) in [6, 6.07) is 0. The monoisotopic (exact) mass is 490 g/mol. The molecule has 14 heteroatoms. The van der Waals surface area contributed by atoms with Crippen molar-refractivity contribution in [3.63, 3.8) is 0 Å². The second-order valence-electron chi connectivity index (χ2n) is 0.722. The number of hydrogen-bond acceptors (Lipinski definition) is 7. The minimum absolute atomic E-state index is 0. The van der Waals surface area contributed by atoms with E-state index in [1.807, 2.05) is 13.6 Å². The van der Waals surface area contributed by atoms with Crippen LogP contribution in [0.15, 0.2) is 0 Å². The van der Waals surface area contributed by atoms with Crippen molar-refractivity contribution in [1.82, 2.24) is 0 Å². The fraction of sp³-hybridized carbons (Fsp3) is 0. The van der Waals surface area contributed by atoms with Crippen molar-refractivity contribution in [2.75, 3.05) is 0 Å². The summed E-state index contributed by atoms with van der Waals surface area (Å²) < 4.78 is 31.6. The summed E-state index contributed by atoms with van der Waals surface area (Å²) in [5, 5.41) is 20.3. The molecule has 0 rings (SSSR count). The molecular formula is C5H9AuO12S. The first kappa shape index (κ1) is 43.3. The van der Waals surface area contributed by atoms with Gasteiger partial charge in [0, 0.05) is 0 Å². The Labute approximate surface area is 123 Å². The van der Waals surface area contributed by atoms with E-state index < -0.39 is 10.4 Å². The summed E-state index contributed by atoms with van der Waals surface area (Å²) in [6.07, 6.45) is 0. The Morgan fingerprint density at radius 2 is 0.684 bits per heavy atom. The van der Waals surface area contributed by atoms with Gasteiger partial charge in [-0.15, -0.1) is 0 Å². The second-order valence-corrected chi connectivity index (χ2v) is 1.62. The first-order valence-electron chi connectivity index (χ1n) is 2.56. The quantitative estimate of drug-likeness (QED) is 0.139. The molecule has 0 aromatic rings. The molecule has 0 unspecified atom stereocenters. The van der Waals surface area contributed by atoms with Crippen molar-refractivity contribution in [3.8, 4) is 0 Å². The molecule has 0 saturated heterocycles. The van der Waals surface area contributed by atoms with Crippen LogP contribution in [0.25, 0.3) is 0 Å². The van der Waals surface area contributed by atoms with E-state index in [4.69, 9.17) is 56.8 Å². The largest absolute Gasteiger partial charge is 3.00 e. The Bertz CT molecular complexity index is 214. The zero-order valence-electron chi connectivity index (χ0n) is 8.72. The molecule has 118 valence electrons. The van der Waals surface area contributed by atoms with Gasteiger partial charge in [-0.2, -0.15) is 8.42 Å². The smallest absolute Gasteiger partial charge is 0.665 e. The normalized spacial score (nSPS) is 5.37. The van der Waals surface area contributed by atoms with Gasteiger partial charge in [0.15, 0.2) is 0 Å². The SMILES string of the molecule is C=O.C=O.O=S(=O)(O)O.O=[C-]O.O=[C-]O.O=[C-]O.[Au+3]. The maximum Gasteiger partial charge on any atom is 3.00 e. The molecule has 0 radical (unpaired) electrons. The Balaban J connectivity index is -0.0000000187.